The Labute approximate surface area is 218 Å². The fourth-order valence-corrected chi connectivity index (χ4v) is 5.05. The van der Waals surface area contributed by atoms with Gasteiger partial charge in [-0.1, -0.05) is 6.58 Å². The molecule has 0 radical (unpaired) electrons. The number of piperazine rings is 1. The van der Waals surface area contributed by atoms with Crippen molar-refractivity contribution in [3.8, 4) is 0 Å². The summed E-state index contributed by atoms with van der Waals surface area (Å²) in [4.78, 5) is 33.4. The summed E-state index contributed by atoms with van der Waals surface area (Å²) in [6, 6.07) is 8.72. The number of hydrogen-bond donors (Lipinski definition) is 2. The largest absolute Gasteiger partial charge is 0.369 e. The summed E-state index contributed by atoms with van der Waals surface area (Å²) in [6.07, 6.45) is 3.94. The van der Waals surface area contributed by atoms with E-state index >= 15 is 0 Å². The van der Waals surface area contributed by atoms with E-state index in [1.165, 1.54) is 11.8 Å². The molecule has 1 unspecified atom stereocenters. The molecule has 1 amide bonds. The Balaban J connectivity index is 1.42. The Kier molecular flexibility index (Phi) is 6.76. The minimum Gasteiger partial charge on any atom is -0.369 e. The van der Waals surface area contributed by atoms with E-state index in [0.717, 1.165) is 56.0 Å². The normalized spacial score (nSPS) is 20.6. The van der Waals surface area contributed by atoms with Crippen LogP contribution in [0.5, 0.6) is 0 Å². The highest BCUT2D eigenvalue weighted by Crippen LogP contribution is 2.31. The predicted octanol–water partition coefficient (Wildman–Crippen LogP) is 3.17. The molecule has 1 aromatic carbocycles. The number of carbonyl (C=O) groups excluding carboxylic acids is 1. The number of nitrogens with zero attached hydrogens (tertiary/aromatic N) is 7. The number of benzene rings is 1. The Morgan fingerprint density at radius 3 is 2.49 bits per heavy atom. The monoisotopic (exact) mass is 503 g/mol. The lowest BCUT2D eigenvalue weighted by molar-refractivity contribution is -0.117. The van der Waals surface area contributed by atoms with E-state index in [1.807, 2.05) is 13.3 Å². The topological polar surface area (TPSA) is 94.5 Å². The van der Waals surface area contributed by atoms with Gasteiger partial charge in [-0.2, -0.15) is 9.97 Å². The van der Waals surface area contributed by atoms with E-state index < -0.39 is 0 Å². The van der Waals surface area contributed by atoms with Gasteiger partial charge in [-0.15, -0.1) is 0 Å². The molecule has 37 heavy (non-hydrogen) atoms. The minimum atomic E-state index is -0.367. The molecular formula is C27H37N9O. The second kappa shape index (κ2) is 10.0. The summed E-state index contributed by atoms with van der Waals surface area (Å²) in [7, 11) is 2.17. The highest BCUT2D eigenvalue weighted by molar-refractivity contribution is 5.88. The molecule has 0 spiro atoms. The SMILES string of the molecule is C=CC(=O)NC1(C)CCN(c2nc(Nc3ccc(N4CCN(C)CC4)cc3)c3ncn(C(C)C)c3n2)C1. The van der Waals surface area contributed by atoms with Gasteiger partial charge in [0.15, 0.2) is 17.0 Å². The standard InChI is InChI=1S/C27H37N9O/c1-6-22(37)32-27(4)11-12-35(17-27)26-30-24(23-25(31-26)36(18-28-23)19(2)3)29-20-7-9-21(10-8-20)34-15-13-33(5)14-16-34/h6-10,18-19H,1,11-17H2,2-5H3,(H,32,37)(H,29,30,31). The molecule has 2 aromatic heterocycles. The number of likely N-dealkylation sites (N-methyl/N-ethyl adjacent to an activating group) is 1. The molecule has 10 heteroatoms. The third-order valence-electron chi connectivity index (χ3n) is 7.33. The Hall–Kier alpha value is -3.66. The van der Waals surface area contributed by atoms with Crippen molar-refractivity contribution in [2.75, 3.05) is 61.4 Å². The second-order valence-corrected chi connectivity index (χ2v) is 10.7. The van der Waals surface area contributed by atoms with Gasteiger partial charge in [0, 0.05) is 56.7 Å². The second-order valence-electron chi connectivity index (χ2n) is 10.7. The summed E-state index contributed by atoms with van der Waals surface area (Å²) in [5, 5.41) is 6.56. The van der Waals surface area contributed by atoms with E-state index in [2.05, 4.69) is 86.6 Å². The van der Waals surface area contributed by atoms with E-state index in [9.17, 15) is 4.79 Å². The van der Waals surface area contributed by atoms with E-state index in [-0.39, 0.29) is 17.5 Å². The molecule has 2 saturated heterocycles. The molecule has 3 aromatic rings. The molecule has 196 valence electrons. The van der Waals surface area contributed by atoms with Gasteiger partial charge in [-0.05, 0) is 64.6 Å². The summed E-state index contributed by atoms with van der Waals surface area (Å²) in [5.41, 5.74) is 3.35. The fraction of sp³-hybridized carbons (Fsp3) is 0.481. The molecule has 10 nitrogen and oxygen atoms in total. The Bertz CT molecular complexity index is 1280. The summed E-state index contributed by atoms with van der Waals surface area (Å²) < 4.78 is 2.07. The van der Waals surface area contributed by atoms with Crippen molar-refractivity contribution >= 4 is 40.2 Å². The van der Waals surface area contributed by atoms with Crippen LogP contribution in [0.3, 0.4) is 0 Å². The molecule has 0 aliphatic carbocycles. The maximum atomic E-state index is 12.0. The number of amides is 1. The number of aromatic nitrogens is 4. The smallest absolute Gasteiger partial charge is 0.243 e. The summed E-state index contributed by atoms with van der Waals surface area (Å²) in [6.45, 7) is 15.4. The third kappa shape index (κ3) is 5.24. The van der Waals surface area contributed by atoms with Crippen molar-refractivity contribution < 1.29 is 4.79 Å². The van der Waals surface area contributed by atoms with E-state index in [4.69, 9.17) is 9.97 Å². The van der Waals surface area contributed by atoms with Crippen LogP contribution in [-0.2, 0) is 4.79 Å². The van der Waals surface area contributed by atoms with Gasteiger partial charge in [-0.25, -0.2) is 4.98 Å². The average molecular weight is 504 g/mol. The Morgan fingerprint density at radius 2 is 1.81 bits per heavy atom. The van der Waals surface area contributed by atoms with Crippen LogP contribution in [0.1, 0.15) is 33.2 Å². The molecule has 1 atom stereocenters. The van der Waals surface area contributed by atoms with Gasteiger partial charge >= 0.3 is 0 Å². The first-order valence-corrected chi connectivity index (χ1v) is 13.0. The number of fused-ring (bicyclic) bond motifs is 1. The molecule has 4 heterocycles. The van der Waals surface area contributed by atoms with Crippen molar-refractivity contribution in [3.63, 3.8) is 0 Å². The summed E-state index contributed by atoms with van der Waals surface area (Å²) >= 11 is 0. The predicted molar refractivity (Wildman–Crippen MR) is 149 cm³/mol. The van der Waals surface area contributed by atoms with E-state index in [0.29, 0.717) is 18.3 Å². The van der Waals surface area contributed by atoms with Crippen molar-refractivity contribution in [1.82, 2.24) is 29.7 Å². The zero-order valence-corrected chi connectivity index (χ0v) is 22.2. The van der Waals surface area contributed by atoms with Crippen LogP contribution in [0.15, 0.2) is 43.2 Å². The maximum absolute atomic E-state index is 12.0. The molecule has 0 saturated carbocycles. The van der Waals surface area contributed by atoms with Crippen LogP contribution < -0.4 is 20.4 Å². The molecule has 2 fully saturated rings. The molecule has 2 aliphatic rings. The molecule has 2 aliphatic heterocycles. The number of carbonyl (C=O) groups is 1. The third-order valence-corrected chi connectivity index (χ3v) is 7.33. The van der Waals surface area contributed by atoms with Crippen molar-refractivity contribution in [1.29, 1.82) is 0 Å². The first kappa shape index (κ1) is 25.0. The van der Waals surface area contributed by atoms with Gasteiger partial charge in [0.1, 0.15) is 0 Å². The summed E-state index contributed by atoms with van der Waals surface area (Å²) in [5.74, 6) is 1.14. The van der Waals surface area contributed by atoms with Gasteiger partial charge in [0.05, 0.1) is 11.9 Å². The van der Waals surface area contributed by atoms with Gasteiger partial charge in [-0.3, -0.25) is 4.79 Å². The Morgan fingerprint density at radius 1 is 1.08 bits per heavy atom. The van der Waals surface area contributed by atoms with Crippen LogP contribution in [0.25, 0.3) is 11.2 Å². The van der Waals surface area contributed by atoms with Crippen LogP contribution in [0.4, 0.5) is 23.1 Å². The van der Waals surface area contributed by atoms with Crippen LogP contribution in [0, 0.1) is 0 Å². The number of nitrogens with one attached hydrogen (secondary N) is 2. The minimum absolute atomic E-state index is 0.166. The van der Waals surface area contributed by atoms with Crippen molar-refractivity contribution in [2.45, 2.75) is 38.8 Å². The van der Waals surface area contributed by atoms with Crippen molar-refractivity contribution in [2.24, 2.45) is 0 Å². The van der Waals surface area contributed by atoms with Crippen LogP contribution >= 0.6 is 0 Å². The molecule has 5 rings (SSSR count). The lowest BCUT2D eigenvalue weighted by atomic mass is 10.0. The zero-order valence-electron chi connectivity index (χ0n) is 22.2. The average Bonchev–Trinajstić information content (AvgIpc) is 3.49. The van der Waals surface area contributed by atoms with Crippen LogP contribution in [-0.4, -0.2) is 82.2 Å². The van der Waals surface area contributed by atoms with Crippen LogP contribution in [0.2, 0.25) is 0 Å². The molecular weight excluding hydrogens is 466 g/mol. The fourth-order valence-electron chi connectivity index (χ4n) is 5.05. The van der Waals surface area contributed by atoms with Gasteiger partial charge in [0.25, 0.3) is 0 Å². The first-order valence-electron chi connectivity index (χ1n) is 13.0. The zero-order chi connectivity index (χ0) is 26.2. The highest BCUT2D eigenvalue weighted by atomic mass is 16.1. The number of hydrogen-bond acceptors (Lipinski definition) is 8. The van der Waals surface area contributed by atoms with Crippen molar-refractivity contribution in [3.05, 3.63) is 43.2 Å². The number of imidazole rings is 1. The number of anilines is 4. The lowest BCUT2D eigenvalue weighted by Crippen LogP contribution is -2.47. The molecule has 2 N–H and O–H groups in total. The first-order chi connectivity index (χ1) is 17.7. The maximum Gasteiger partial charge on any atom is 0.243 e. The van der Waals surface area contributed by atoms with Gasteiger partial charge < -0.3 is 29.9 Å². The lowest BCUT2D eigenvalue weighted by Gasteiger charge is -2.34. The van der Waals surface area contributed by atoms with Gasteiger partial charge in [0.2, 0.25) is 11.9 Å². The number of rotatable bonds is 7. The van der Waals surface area contributed by atoms with E-state index in [1.54, 1.807) is 0 Å². The molecule has 0 bridgehead atoms. The quantitative estimate of drug-likeness (QED) is 0.475. The highest BCUT2D eigenvalue weighted by Gasteiger charge is 2.36.